The summed E-state index contributed by atoms with van der Waals surface area (Å²) < 4.78 is 42.2. The molecule has 3 aromatic rings. The van der Waals surface area contributed by atoms with E-state index in [0.717, 1.165) is 18.2 Å². The number of furan rings is 1. The van der Waals surface area contributed by atoms with Crippen LogP contribution in [0.25, 0.3) is 11.0 Å². The number of nitrogens with zero attached hydrogens (tertiary/aromatic N) is 2. The van der Waals surface area contributed by atoms with Gasteiger partial charge < -0.3 is 24.5 Å². The molecule has 0 aliphatic carbocycles. The lowest BCUT2D eigenvalue weighted by atomic mass is 10.1. The van der Waals surface area contributed by atoms with Crippen LogP contribution < -0.4 is 15.2 Å². The van der Waals surface area contributed by atoms with Crippen LogP contribution in [0.3, 0.4) is 0 Å². The van der Waals surface area contributed by atoms with Gasteiger partial charge in [-0.3, -0.25) is 4.79 Å². The van der Waals surface area contributed by atoms with Crippen molar-refractivity contribution in [3.05, 3.63) is 52.9 Å². The fraction of sp³-hybridized carbons (Fsp3) is 0.417. The average Bonchev–Trinajstić information content (AvgIpc) is 3.49. The van der Waals surface area contributed by atoms with E-state index < -0.39 is 17.6 Å². The third-order valence-corrected chi connectivity index (χ3v) is 5.93. The number of carbonyl (C=O) groups excluding carboxylic acids is 1. The predicted octanol–water partition coefficient (Wildman–Crippen LogP) is 4.54. The van der Waals surface area contributed by atoms with Crippen LogP contribution in [0.5, 0.6) is 11.6 Å². The number of aryl methyl sites for hydroxylation is 1. The molecular formula is C24H26ClF2N3O4. The molecule has 0 saturated carbocycles. The molecule has 10 heteroatoms. The summed E-state index contributed by atoms with van der Waals surface area (Å²) in [5.74, 6) is -4.90. The molecule has 1 saturated heterocycles. The van der Waals surface area contributed by atoms with E-state index in [9.17, 15) is 13.6 Å². The standard InChI is InChI=1S/C14H20N2O2.C10H6ClF2NO2/c1-2-6-16(5-1)7-3-4-12-10-13-14(15-11-12)18-9-8-17-13;11-6-1-2-7-5(3-6)4-8(16-7)10(12,13)9(14)15/h10-11H,1-9H2;1-4H,(H2,14,15). The number of rotatable bonds is 6. The van der Waals surface area contributed by atoms with Gasteiger partial charge in [-0.2, -0.15) is 8.78 Å². The second-order valence-electron chi connectivity index (χ2n) is 8.23. The van der Waals surface area contributed by atoms with E-state index in [1.165, 1.54) is 62.7 Å². The predicted molar refractivity (Wildman–Crippen MR) is 124 cm³/mol. The molecule has 1 aromatic carbocycles. The number of hydrogen-bond acceptors (Lipinski definition) is 6. The zero-order chi connectivity index (χ0) is 24.1. The number of nitrogens with two attached hydrogens (primary N) is 1. The Morgan fingerprint density at radius 2 is 1.91 bits per heavy atom. The minimum atomic E-state index is -3.81. The second-order valence-corrected chi connectivity index (χ2v) is 8.66. The number of pyridine rings is 1. The van der Waals surface area contributed by atoms with Crippen molar-refractivity contribution < 1.29 is 27.5 Å². The molecule has 182 valence electrons. The molecule has 5 rings (SSSR count). The molecular weight excluding hydrogens is 468 g/mol. The Hall–Kier alpha value is -2.91. The fourth-order valence-corrected chi connectivity index (χ4v) is 4.09. The topological polar surface area (TPSA) is 90.8 Å². The van der Waals surface area contributed by atoms with Gasteiger partial charge >= 0.3 is 5.92 Å². The first-order valence-corrected chi connectivity index (χ1v) is 11.5. The summed E-state index contributed by atoms with van der Waals surface area (Å²) >= 11 is 5.68. The van der Waals surface area contributed by atoms with E-state index >= 15 is 0 Å². The Balaban J connectivity index is 0.000000162. The van der Waals surface area contributed by atoms with E-state index in [4.69, 9.17) is 25.5 Å². The zero-order valence-corrected chi connectivity index (χ0v) is 19.3. The summed E-state index contributed by atoms with van der Waals surface area (Å²) in [5.41, 5.74) is 6.05. The molecule has 2 aliphatic rings. The number of amides is 1. The minimum Gasteiger partial charge on any atom is -0.484 e. The molecule has 0 bridgehead atoms. The summed E-state index contributed by atoms with van der Waals surface area (Å²) in [6, 6.07) is 7.52. The Labute approximate surface area is 200 Å². The smallest absolute Gasteiger partial charge is 0.380 e. The van der Waals surface area contributed by atoms with Gasteiger partial charge in [0.05, 0.1) is 0 Å². The van der Waals surface area contributed by atoms with E-state index in [0.29, 0.717) is 29.5 Å². The van der Waals surface area contributed by atoms with Crippen molar-refractivity contribution in [1.29, 1.82) is 0 Å². The lowest BCUT2D eigenvalue weighted by Crippen LogP contribution is -2.32. The first kappa shape index (κ1) is 24.2. The third-order valence-electron chi connectivity index (χ3n) is 5.69. The highest BCUT2D eigenvalue weighted by Crippen LogP contribution is 2.33. The zero-order valence-electron chi connectivity index (χ0n) is 18.6. The molecule has 34 heavy (non-hydrogen) atoms. The van der Waals surface area contributed by atoms with Crippen molar-refractivity contribution in [2.24, 2.45) is 5.73 Å². The molecule has 4 heterocycles. The van der Waals surface area contributed by atoms with E-state index in [1.807, 2.05) is 6.20 Å². The summed E-state index contributed by atoms with van der Waals surface area (Å²) in [5, 5.41) is 0.783. The van der Waals surface area contributed by atoms with Crippen molar-refractivity contribution in [3.8, 4) is 11.6 Å². The quantitative estimate of drug-likeness (QED) is 0.542. The molecule has 2 aromatic heterocycles. The molecule has 7 nitrogen and oxygen atoms in total. The Morgan fingerprint density at radius 1 is 1.15 bits per heavy atom. The molecule has 2 aliphatic heterocycles. The molecule has 1 amide bonds. The molecule has 0 spiro atoms. The molecule has 0 unspecified atom stereocenters. The normalized spacial score (nSPS) is 15.7. The lowest BCUT2D eigenvalue weighted by molar-refractivity contribution is -0.145. The van der Waals surface area contributed by atoms with Gasteiger partial charge in [0.1, 0.15) is 18.8 Å². The van der Waals surface area contributed by atoms with Gasteiger partial charge in [-0.25, -0.2) is 4.98 Å². The first-order chi connectivity index (χ1) is 16.3. The van der Waals surface area contributed by atoms with Crippen LogP contribution in [0, 0.1) is 0 Å². The van der Waals surface area contributed by atoms with Crippen LogP contribution in [-0.4, -0.2) is 48.6 Å². The van der Waals surface area contributed by atoms with Crippen LogP contribution in [-0.2, 0) is 17.1 Å². The molecule has 0 radical (unpaired) electrons. The number of halogens is 3. The highest BCUT2D eigenvalue weighted by molar-refractivity contribution is 6.31. The number of aromatic nitrogens is 1. The molecule has 0 atom stereocenters. The highest BCUT2D eigenvalue weighted by atomic mass is 35.5. The van der Waals surface area contributed by atoms with Gasteiger partial charge in [0.15, 0.2) is 11.5 Å². The van der Waals surface area contributed by atoms with Gasteiger partial charge in [-0.1, -0.05) is 11.6 Å². The van der Waals surface area contributed by atoms with Crippen LogP contribution in [0.15, 0.2) is 40.9 Å². The Kier molecular flexibility index (Phi) is 7.53. The van der Waals surface area contributed by atoms with Crippen molar-refractivity contribution in [1.82, 2.24) is 9.88 Å². The van der Waals surface area contributed by atoms with E-state index in [-0.39, 0.29) is 5.58 Å². The SMILES string of the molecule is NC(=O)C(F)(F)c1cc2cc(Cl)ccc2o1.c1nc2c(cc1CCCN1CCCC1)OCCO2. The van der Waals surface area contributed by atoms with Crippen molar-refractivity contribution >= 4 is 28.5 Å². The summed E-state index contributed by atoms with van der Waals surface area (Å²) in [6.45, 7) is 4.99. The van der Waals surface area contributed by atoms with Crippen LogP contribution in [0.2, 0.25) is 5.02 Å². The van der Waals surface area contributed by atoms with Crippen LogP contribution in [0.4, 0.5) is 8.78 Å². The average molecular weight is 494 g/mol. The third kappa shape index (κ3) is 5.77. The number of carbonyl (C=O) groups is 1. The summed E-state index contributed by atoms with van der Waals surface area (Å²) in [4.78, 5) is 17.4. The lowest BCUT2D eigenvalue weighted by Gasteiger charge is -2.18. The van der Waals surface area contributed by atoms with Crippen molar-refractivity contribution in [2.45, 2.75) is 31.6 Å². The largest absolute Gasteiger partial charge is 0.484 e. The van der Waals surface area contributed by atoms with Crippen molar-refractivity contribution in [3.63, 3.8) is 0 Å². The number of primary amides is 1. The highest BCUT2D eigenvalue weighted by Gasteiger charge is 2.42. The second kappa shape index (κ2) is 10.6. The number of alkyl halides is 2. The number of likely N-dealkylation sites (tertiary alicyclic amines) is 1. The maximum Gasteiger partial charge on any atom is 0.380 e. The van der Waals surface area contributed by atoms with E-state index in [1.54, 1.807) is 0 Å². The van der Waals surface area contributed by atoms with Crippen LogP contribution in [0.1, 0.15) is 30.6 Å². The number of benzene rings is 1. The Morgan fingerprint density at radius 3 is 2.68 bits per heavy atom. The summed E-state index contributed by atoms with van der Waals surface area (Å²) in [7, 11) is 0. The molecule has 2 N–H and O–H groups in total. The number of hydrogen-bond donors (Lipinski definition) is 1. The number of fused-ring (bicyclic) bond motifs is 2. The monoisotopic (exact) mass is 493 g/mol. The maximum atomic E-state index is 13.2. The number of ether oxygens (including phenoxy) is 2. The van der Waals surface area contributed by atoms with Gasteiger partial charge in [0.2, 0.25) is 0 Å². The van der Waals surface area contributed by atoms with Gasteiger partial charge in [0, 0.05) is 16.6 Å². The molecule has 1 fully saturated rings. The van der Waals surface area contributed by atoms with Gasteiger partial charge in [-0.15, -0.1) is 0 Å². The maximum absolute atomic E-state index is 13.2. The van der Waals surface area contributed by atoms with Crippen molar-refractivity contribution in [2.75, 3.05) is 32.8 Å². The first-order valence-electron chi connectivity index (χ1n) is 11.2. The Bertz CT molecular complexity index is 1150. The minimum absolute atomic E-state index is 0.223. The summed E-state index contributed by atoms with van der Waals surface area (Å²) in [6.07, 6.45) is 6.91. The van der Waals surface area contributed by atoms with Gasteiger partial charge in [-0.05, 0) is 81.2 Å². The van der Waals surface area contributed by atoms with E-state index in [2.05, 4.69) is 21.7 Å². The van der Waals surface area contributed by atoms with Crippen LogP contribution >= 0.6 is 11.6 Å². The fourth-order valence-electron chi connectivity index (χ4n) is 3.91. The van der Waals surface area contributed by atoms with Gasteiger partial charge in [0.25, 0.3) is 11.8 Å².